The predicted molar refractivity (Wildman–Crippen MR) is 92.9 cm³/mol. The molecule has 0 aromatic heterocycles. The van der Waals surface area contributed by atoms with Crippen LogP contribution < -0.4 is 0 Å². The first-order valence-corrected chi connectivity index (χ1v) is 7.36. The highest BCUT2D eigenvalue weighted by Crippen LogP contribution is 2.02. The molecule has 0 saturated carbocycles. The average molecular weight is 263 g/mol. The zero-order valence-corrected chi connectivity index (χ0v) is 14.0. The summed E-state index contributed by atoms with van der Waals surface area (Å²) in [4.78, 5) is 4.25. The largest absolute Gasteiger partial charge is 0.266 e. The van der Waals surface area contributed by atoms with Gasteiger partial charge in [0, 0.05) is 18.3 Å². The van der Waals surface area contributed by atoms with Gasteiger partial charge in [-0.15, -0.1) is 0 Å². The van der Waals surface area contributed by atoms with E-state index >= 15 is 0 Å². The van der Waals surface area contributed by atoms with Gasteiger partial charge in [0.15, 0.2) is 0 Å². The summed E-state index contributed by atoms with van der Waals surface area (Å²) >= 11 is 0. The third kappa shape index (κ3) is 22.3. The smallest absolute Gasteiger partial charge is 0.0224 e. The number of rotatable bonds is 6. The Hall–Kier alpha value is -1.37. The zero-order chi connectivity index (χ0) is 15.5. The van der Waals surface area contributed by atoms with Gasteiger partial charge in [-0.3, -0.25) is 4.99 Å². The molecule has 0 unspecified atom stereocenters. The van der Waals surface area contributed by atoms with Crippen molar-refractivity contribution in [3.8, 4) is 0 Å². The first-order chi connectivity index (χ1) is 9.20. The van der Waals surface area contributed by atoms with Crippen LogP contribution in [0.4, 0.5) is 0 Å². The van der Waals surface area contributed by atoms with E-state index < -0.39 is 0 Å². The van der Waals surface area contributed by atoms with Crippen molar-refractivity contribution >= 4 is 5.71 Å². The number of nitrogens with zero attached hydrogens (tertiary/aromatic N) is 1. The summed E-state index contributed by atoms with van der Waals surface area (Å²) in [5, 5.41) is 0. The summed E-state index contributed by atoms with van der Waals surface area (Å²) in [5.74, 6) is 0. The lowest BCUT2D eigenvalue weighted by Crippen LogP contribution is -1.90. The SMILES string of the molecule is C=C(/C=C\C=C/CC)CC(C)=N/C=C\C.CC.CC. The summed E-state index contributed by atoms with van der Waals surface area (Å²) < 4.78 is 0. The lowest BCUT2D eigenvalue weighted by molar-refractivity contribution is 1.22. The molecule has 19 heavy (non-hydrogen) atoms. The maximum atomic E-state index is 4.25. The second-order valence-corrected chi connectivity index (χ2v) is 3.38. The van der Waals surface area contributed by atoms with Crippen molar-refractivity contribution in [3.05, 3.63) is 48.7 Å². The molecule has 0 heterocycles. The quantitative estimate of drug-likeness (QED) is 0.383. The summed E-state index contributed by atoms with van der Waals surface area (Å²) in [6.07, 6.45) is 13.8. The highest BCUT2D eigenvalue weighted by Gasteiger charge is 1.91. The minimum absolute atomic E-state index is 0.834. The van der Waals surface area contributed by atoms with Gasteiger partial charge >= 0.3 is 0 Å². The van der Waals surface area contributed by atoms with Crippen LogP contribution in [0.25, 0.3) is 0 Å². The number of aliphatic imine (C=N–C) groups is 1. The van der Waals surface area contributed by atoms with Gasteiger partial charge in [0.05, 0.1) is 0 Å². The van der Waals surface area contributed by atoms with E-state index in [9.17, 15) is 0 Å². The molecule has 0 bridgehead atoms. The average Bonchev–Trinajstić information content (AvgIpc) is 2.45. The van der Waals surface area contributed by atoms with Crippen LogP contribution in [0.3, 0.4) is 0 Å². The van der Waals surface area contributed by atoms with Crippen LogP contribution in [0.2, 0.25) is 0 Å². The fourth-order valence-electron chi connectivity index (χ4n) is 1.04. The van der Waals surface area contributed by atoms with Crippen molar-refractivity contribution in [1.82, 2.24) is 0 Å². The first-order valence-electron chi connectivity index (χ1n) is 7.36. The van der Waals surface area contributed by atoms with Crippen molar-refractivity contribution in [1.29, 1.82) is 0 Å². The van der Waals surface area contributed by atoms with Gasteiger partial charge in [-0.1, -0.05) is 71.6 Å². The monoisotopic (exact) mass is 263 g/mol. The summed E-state index contributed by atoms with van der Waals surface area (Å²) in [6.45, 7) is 18.1. The van der Waals surface area contributed by atoms with Crippen LogP contribution in [-0.4, -0.2) is 5.71 Å². The first kappa shape index (κ1) is 22.8. The Bertz CT molecular complexity index is 291. The third-order valence-electron chi connectivity index (χ3n) is 1.74. The van der Waals surface area contributed by atoms with E-state index in [1.807, 2.05) is 72.0 Å². The molecule has 0 aromatic rings. The van der Waals surface area contributed by atoms with E-state index in [0.29, 0.717) is 0 Å². The predicted octanol–water partition coefficient (Wildman–Crippen LogP) is 6.50. The molecular weight excluding hydrogens is 230 g/mol. The Kier molecular flexibility index (Phi) is 26.2. The molecule has 1 heteroatoms. The summed E-state index contributed by atoms with van der Waals surface area (Å²) in [7, 11) is 0. The molecule has 0 aromatic carbocycles. The van der Waals surface area contributed by atoms with Crippen molar-refractivity contribution in [2.75, 3.05) is 0 Å². The topological polar surface area (TPSA) is 12.4 Å². The zero-order valence-electron chi connectivity index (χ0n) is 14.0. The van der Waals surface area contributed by atoms with E-state index in [-0.39, 0.29) is 0 Å². The minimum atomic E-state index is 0.834. The summed E-state index contributed by atoms with van der Waals surface area (Å²) in [6, 6.07) is 0. The van der Waals surface area contributed by atoms with Crippen LogP contribution in [0.15, 0.2) is 53.7 Å². The minimum Gasteiger partial charge on any atom is -0.266 e. The molecule has 0 saturated heterocycles. The number of hydrogen-bond acceptors (Lipinski definition) is 1. The van der Waals surface area contributed by atoms with E-state index in [1.54, 1.807) is 0 Å². The molecule has 0 atom stereocenters. The lowest BCUT2D eigenvalue weighted by atomic mass is 10.1. The molecule has 0 rings (SSSR count). The Morgan fingerprint density at radius 2 is 1.68 bits per heavy atom. The van der Waals surface area contributed by atoms with Crippen molar-refractivity contribution in [2.45, 2.75) is 61.3 Å². The van der Waals surface area contributed by atoms with Crippen molar-refractivity contribution in [3.63, 3.8) is 0 Å². The van der Waals surface area contributed by atoms with Crippen LogP contribution >= 0.6 is 0 Å². The van der Waals surface area contributed by atoms with Gasteiger partial charge in [-0.25, -0.2) is 0 Å². The fourth-order valence-corrected chi connectivity index (χ4v) is 1.04. The molecule has 0 spiro atoms. The molecule has 0 N–H and O–H groups in total. The fraction of sp³-hybridized carbons (Fsp3) is 0.500. The third-order valence-corrected chi connectivity index (χ3v) is 1.74. The molecular formula is C18H33N. The lowest BCUT2D eigenvalue weighted by Gasteiger charge is -1.97. The van der Waals surface area contributed by atoms with Gasteiger partial charge in [-0.05, 0) is 25.8 Å². The van der Waals surface area contributed by atoms with Gasteiger partial charge in [0.25, 0.3) is 0 Å². The van der Waals surface area contributed by atoms with E-state index in [1.165, 1.54) is 0 Å². The Morgan fingerprint density at radius 1 is 1.11 bits per heavy atom. The molecule has 0 fully saturated rings. The molecule has 0 amide bonds. The maximum Gasteiger partial charge on any atom is 0.0224 e. The van der Waals surface area contributed by atoms with Gasteiger partial charge < -0.3 is 0 Å². The standard InChI is InChI=1S/C14H21N.2C2H6/c1-5-7-8-9-10-13(3)12-14(4)15-11-6-2;2*1-2/h6-11H,3,5,12H2,1-2,4H3;2*1-2H3/b8-7-,10-9-,11-6-,15-14?;;. The molecule has 0 radical (unpaired) electrons. The molecule has 110 valence electrons. The second-order valence-electron chi connectivity index (χ2n) is 3.38. The molecule has 0 aliphatic heterocycles. The normalized spacial score (nSPS) is 11.2. The van der Waals surface area contributed by atoms with E-state index in [2.05, 4.69) is 24.6 Å². The molecule has 0 aliphatic carbocycles. The number of hydrogen-bond donors (Lipinski definition) is 0. The second kappa shape index (κ2) is 21.9. The van der Waals surface area contributed by atoms with E-state index in [0.717, 1.165) is 24.1 Å². The van der Waals surface area contributed by atoms with Gasteiger partial charge in [-0.2, -0.15) is 0 Å². The number of allylic oxidation sites excluding steroid dienone is 6. The Labute approximate surface area is 121 Å². The van der Waals surface area contributed by atoms with Crippen LogP contribution in [-0.2, 0) is 0 Å². The van der Waals surface area contributed by atoms with Crippen LogP contribution in [0.5, 0.6) is 0 Å². The van der Waals surface area contributed by atoms with Crippen LogP contribution in [0.1, 0.15) is 61.3 Å². The van der Waals surface area contributed by atoms with Gasteiger partial charge in [0.2, 0.25) is 0 Å². The van der Waals surface area contributed by atoms with Crippen molar-refractivity contribution in [2.24, 2.45) is 4.99 Å². The van der Waals surface area contributed by atoms with Crippen molar-refractivity contribution < 1.29 is 0 Å². The Morgan fingerprint density at radius 3 is 2.16 bits per heavy atom. The molecule has 0 aliphatic rings. The summed E-state index contributed by atoms with van der Waals surface area (Å²) in [5.41, 5.74) is 2.17. The van der Waals surface area contributed by atoms with E-state index in [4.69, 9.17) is 0 Å². The molecule has 1 nitrogen and oxygen atoms in total. The Balaban J connectivity index is -0.000000579. The van der Waals surface area contributed by atoms with Crippen LogP contribution in [0, 0.1) is 0 Å². The van der Waals surface area contributed by atoms with Gasteiger partial charge in [0.1, 0.15) is 0 Å². The highest BCUT2D eigenvalue weighted by molar-refractivity contribution is 5.85. The maximum absolute atomic E-state index is 4.25. The highest BCUT2D eigenvalue weighted by atomic mass is 14.7.